The van der Waals surface area contributed by atoms with E-state index >= 15 is 0 Å². The lowest BCUT2D eigenvalue weighted by Crippen LogP contribution is -2.15. The molecule has 1 aliphatic rings. The number of alkyl halides is 1. The Balaban J connectivity index is 1.58. The number of aromatic nitrogens is 4. The molecule has 0 saturated heterocycles. The summed E-state index contributed by atoms with van der Waals surface area (Å²) < 4.78 is 29.4. The maximum absolute atomic E-state index is 14.7. The van der Waals surface area contributed by atoms with Gasteiger partial charge in [0.05, 0.1) is 35.5 Å². The fourth-order valence-electron chi connectivity index (χ4n) is 3.46. The zero-order valence-electron chi connectivity index (χ0n) is 14.8. The third-order valence-electron chi connectivity index (χ3n) is 5.09. The predicted octanol–water partition coefficient (Wildman–Crippen LogP) is 3.46. The second-order valence-corrected chi connectivity index (χ2v) is 7.33. The molecule has 1 amide bonds. The molecule has 0 radical (unpaired) electrons. The van der Waals surface area contributed by atoms with Crippen LogP contribution in [-0.4, -0.2) is 36.8 Å². The molecule has 148 valence electrons. The van der Waals surface area contributed by atoms with Gasteiger partial charge in [-0.2, -0.15) is 5.10 Å². The maximum atomic E-state index is 14.7. The van der Waals surface area contributed by atoms with Crippen LogP contribution in [0.25, 0.3) is 27.7 Å². The Morgan fingerprint density at radius 1 is 1.41 bits per heavy atom. The van der Waals surface area contributed by atoms with E-state index in [1.807, 2.05) is 0 Å². The van der Waals surface area contributed by atoms with Crippen molar-refractivity contribution in [3.63, 3.8) is 0 Å². The Labute approximate surface area is 167 Å². The number of aromatic amines is 1. The molecule has 7 nitrogen and oxygen atoms in total. The summed E-state index contributed by atoms with van der Waals surface area (Å²) in [6.07, 6.45) is 3.94. The summed E-state index contributed by atoms with van der Waals surface area (Å²) in [5, 5.41) is 19.2. The molecule has 29 heavy (non-hydrogen) atoms. The van der Waals surface area contributed by atoms with Crippen molar-refractivity contribution >= 4 is 39.9 Å². The van der Waals surface area contributed by atoms with Crippen LogP contribution in [0.1, 0.15) is 12.0 Å². The number of H-pyrrole nitrogens is 1. The van der Waals surface area contributed by atoms with Gasteiger partial charge in [-0.05, 0) is 18.6 Å². The molecule has 10 heteroatoms. The molecule has 3 aromatic heterocycles. The van der Waals surface area contributed by atoms with Gasteiger partial charge in [-0.1, -0.05) is 11.6 Å². The highest BCUT2D eigenvalue weighted by atomic mass is 35.5. The number of aliphatic hydroxyl groups is 1. The predicted molar refractivity (Wildman–Crippen MR) is 103 cm³/mol. The molecule has 4 aromatic rings. The standard InChI is InChI=1S/C19H14ClF2N5O2/c20-16-15(10-4-23-26-18(10)11(7-28)17(16)22)8-1-2-14-24-13(6-27(14)5-8)25-19(29)9-3-12(9)21/h1-2,4-6,9,12,28H,3,7H2,(H,23,26)(H,25,29). The van der Waals surface area contributed by atoms with E-state index in [1.54, 1.807) is 28.9 Å². The van der Waals surface area contributed by atoms with Crippen molar-refractivity contribution in [2.45, 2.75) is 19.2 Å². The number of carbonyl (C=O) groups is 1. The van der Waals surface area contributed by atoms with E-state index in [4.69, 9.17) is 11.6 Å². The second-order valence-electron chi connectivity index (χ2n) is 6.96. The molecule has 0 aliphatic heterocycles. The number of rotatable bonds is 4. The molecule has 5 rings (SSSR count). The van der Waals surface area contributed by atoms with E-state index in [1.165, 1.54) is 6.20 Å². The van der Waals surface area contributed by atoms with Crippen LogP contribution in [0.5, 0.6) is 0 Å². The van der Waals surface area contributed by atoms with Crippen LogP contribution < -0.4 is 5.32 Å². The van der Waals surface area contributed by atoms with Gasteiger partial charge in [-0.25, -0.2) is 13.8 Å². The SMILES string of the molecule is O=C(Nc1cn2cc(-c3c(Cl)c(F)c(CO)c4[nH]ncc34)ccc2n1)C1CC1F. The van der Waals surface area contributed by atoms with Crippen LogP contribution in [0, 0.1) is 11.7 Å². The first-order valence-corrected chi connectivity index (χ1v) is 9.23. The first kappa shape index (κ1) is 18.0. The van der Waals surface area contributed by atoms with Crippen LogP contribution in [0.15, 0.2) is 30.7 Å². The molecule has 3 heterocycles. The molecule has 1 saturated carbocycles. The van der Waals surface area contributed by atoms with Gasteiger partial charge in [0.1, 0.15) is 17.6 Å². The number of fused-ring (bicyclic) bond motifs is 2. The summed E-state index contributed by atoms with van der Waals surface area (Å²) in [6.45, 7) is -0.519. The van der Waals surface area contributed by atoms with Crippen molar-refractivity contribution in [1.29, 1.82) is 0 Å². The van der Waals surface area contributed by atoms with E-state index in [0.29, 0.717) is 33.5 Å². The Kier molecular flexibility index (Phi) is 4.04. The summed E-state index contributed by atoms with van der Waals surface area (Å²) in [7, 11) is 0. The number of pyridine rings is 1. The van der Waals surface area contributed by atoms with Crippen molar-refractivity contribution in [3.8, 4) is 11.1 Å². The lowest BCUT2D eigenvalue weighted by molar-refractivity contribution is -0.117. The number of amides is 1. The highest BCUT2D eigenvalue weighted by Crippen LogP contribution is 2.39. The minimum absolute atomic E-state index is 0.0474. The molecule has 1 fully saturated rings. The minimum Gasteiger partial charge on any atom is -0.391 e. The zero-order valence-corrected chi connectivity index (χ0v) is 15.5. The Morgan fingerprint density at radius 3 is 2.93 bits per heavy atom. The van der Waals surface area contributed by atoms with Gasteiger partial charge in [-0.3, -0.25) is 9.89 Å². The molecule has 0 bridgehead atoms. The zero-order chi connectivity index (χ0) is 20.3. The molecule has 3 N–H and O–H groups in total. The summed E-state index contributed by atoms with van der Waals surface area (Å²) >= 11 is 6.28. The number of benzene rings is 1. The number of carbonyl (C=O) groups excluding carboxylic acids is 1. The lowest BCUT2D eigenvalue weighted by Gasteiger charge is -2.11. The summed E-state index contributed by atoms with van der Waals surface area (Å²) in [4.78, 5) is 16.2. The second kappa shape index (κ2) is 6.50. The van der Waals surface area contributed by atoms with Crippen LogP contribution in [-0.2, 0) is 11.4 Å². The number of imidazole rings is 1. The fourth-order valence-corrected chi connectivity index (χ4v) is 3.79. The Bertz CT molecular complexity index is 1280. The number of hydrogen-bond acceptors (Lipinski definition) is 4. The van der Waals surface area contributed by atoms with Crippen LogP contribution >= 0.6 is 11.6 Å². The van der Waals surface area contributed by atoms with E-state index in [9.17, 15) is 18.7 Å². The minimum atomic E-state index is -1.09. The monoisotopic (exact) mass is 417 g/mol. The summed E-state index contributed by atoms with van der Waals surface area (Å²) in [5.41, 5.74) is 1.98. The van der Waals surface area contributed by atoms with Crippen LogP contribution in [0.4, 0.5) is 14.6 Å². The van der Waals surface area contributed by atoms with Crippen molar-refractivity contribution in [2.24, 2.45) is 5.92 Å². The van der Waals surface area contributed by atoms with Crippen molar-refractivity contribution < 1.29 is 18.7 Å². The van der Waals surface area contributed by atoms with Gasteiger partial charge in [0.2, 0.25) is 5.91 Å². The first-order valence-electron chi connectivity index (χ1n) is 8.85. The third kappa shape index (κ3) is 2.85. The highest BCUT2D eigenvalue weighted by molar-refractivity contribution is 6.35. The fraction of sp³-hybridized carbons (Fsp3) is 0.211. The van der Waals surface area contributed by atoms with Gasteiger partial charge >= 0.3 is 0 Å². The van der Waals surface area contributed by atoms with Gasteiger partial charge in [0, 0.05) is 28.3 Å². The van der Waals surface area contributed by atoms with Crippen LogP contribution in [0.2, 0.25) is 5.02 Å². The number of nitrogens with zero attached hydrogens (tertiary/aromatic N) is 3. The van der Waals surface area contributed by atoms with Gasteiger partial charge in [0.15, 0.2) is 5.82 Å². The number of hydrogen-bond donors (Lipinski definition) is 3. The maximum Gasteiger partial charge on any atom is 0.231 e. The van der Waals surface area contributed by atoms with Crippen LogP contribution in [0.3, 0.4) is 0 Å². The van der Waals surface area contributed by atoms with E-state index < -0.39 is 30.4 Å². The number of anilines is 1. The summed E-state index contributed by atoms with van der Waals surface area (Å²) in [6, 6.07) is 3.41. The van der Waals surface area contributed by atoms with Gasteiger partial charge in [-0.15, -0.1) is 0 Å². The largest absolute Gasteiger partial charge is 0.391 e. The molecule has 2 atom stereocenters. The molecule has 0 spiro atoms. The average Bonchev–Trinajstić information content (AvgIpc) is 3.08. The lowest BCUT2D eigenvalue weighted by atomic mass is 10.00. The third-order valence-corrected chi connectivity index (χ3v) is 5.44. The highest BCUT2D eigenvalue weighted by Gasteiger charge is 2.43. The summed E-state index contributed by atoms with van der Waals surface area (Å²) in [5.74, 6) is -1.43. The van der Waals surface area contributed by atoms with Gasteiger partial charge in [0.25, 0.3) is 0 Å². The number of aliphatic hydroxyl groups excluding tert-OH is 1. The van der Waals surface area contributed by atoms with Crippen molar-refractivity contribution in [2.75, 3.05) is 5.32 Å². The average molecular weight is 418 g/mol. The van der Waals surface area contributed by atoms with E-state index in [0.717, 1.165) is 0 Å². The number of nitrogens with one attached hydrogen (secondary N) is 2. The molecule has 1 aromatic carbocycles. The Morgan fingerprint density at radius 2 is 2.21 bits per heavy atom. The topological polar surface area (TPSA) is 95.3 Å². The quantitative estimate of drug-likeness (QED) is 0.474. The van der Waals surface area contributed by atoms with E-state index in [-0.39, 0.29) is 17.0 Å². The first-order chi connectivity index (χ1) is 14.0. The molecular formula is C19H14ClF2N5O2. The molecule has 1 aliphatic carbocycles. The number of halogens is 3. The smallest absolute Gasteiger partial charge is 0.231 e. The van der Waals surface area contributed by atoms with Gasteiger partial charge < -0.3 is 14.8 Å². The molecule has 2 unspecified atom stereocenters. The Hall–Kier alpha value is -3.04. The van der Waals surface area contributed by atoms with E-state index in [2.05, 4.69) is 20.5 Å². The van der Waals surface area contributed by atoms with Crippen molar-refractivity contribution in [3.05, 3.63) is 47.1 Å². The van der Waals surface area contributed by atoms with Crippen molar-refractivity contribution in [1.82, 2.24) is 19.6 Å². The molecular weight excluding hydrogens is 404 g/mol. The normalized spacial score (nSPS) is 18.5.